The van der Waals surface area contributed by atoms with Crippen molar-refractivity contribution < 1.29 is 13.6 Å². The number of nitrogens with one attached hydrogen (secondary N) is 1. The van der Waals surface area contributed by atoms with Crippen molar-refractivity contribution in [1.29, 1.82) is 0 Å². The number of carbonyl (C=O) groups is 1. The minimum Gasteiger partial charge on any atom is -0.363 e. The third-order valence-electron chi connectivity index (χ3n) is 4.35. The van der Waals surface area contributed by atoms with Gasteiger partial charge in [-0.25, -0.2) is 13.6 Å². The molecule has 0 spiro atoms. The summed E-state index contributed by atoms with van der Waals surface area (Å²) in [6, 6.07) is 13.7. The Labute approximate surface area is 146 Å². The Bertz CT molecular complexity index is 696. The van der Waals surface area contributed by atoms with E-state index in [4.69, 9.17) is 0 Å². The molecular formula is C19H21F2N3O. The van der Waals surface area contributed by atoms with Crippen LogP contribution in [-0.2, 0) is 6.42 Å². The number of para-hydroxylation sites is 1. The average molecular weight is 345 g/mol. The van der Waals surface area contributed by atoms with Crippen LogP contribution in [0.15, 0.2) is 48.5 Å². The van der Waals surface area contributed by atoms with Crippen LogP contribution in [0.1, 0.15) is 5.56 Å². The molecule has 1 saturated heterocycles. The van der Waals surface area contributed by atoms with E-state index in [0.717, 1.165) is 6.42 Å². The molecule has 132 valence electrons. The third kappa shape index (κ3) is 4.26. The molecule has 0 atom stereocenters. The summed E-state index contributed by atoms with van der Waals surface area (Å²) < 4.78 is 27.7. The second kappa shape index (κ2) is 7.96. The number of rotatable bonds is 4. The van der Waals surface area contributed by atoms with Gasteiger partial charge in [0.1, 0.15) is 17.3 Å². The quantitative estimate of drug-likeness (QED) is 0.925. The van der Waals surface area contributed by atoms with Gasteiger partial charge in [-0.2, -0.15) is 0 Å². The number of nitrogens with zero attached hydrogens (tertiary/aromatic N) is 2. The van der Waals surface area contributed by atoms with Gasteiger partial charge in [0.05, 0.1) is 0 Å². The van der Waals surface area contributed by atoms with Gasteiger partial charge in [-0.15, -0.1) is 0 Å². The summed E-state index contributed by atoms with van der Waals surface area (Å²) in [7, 11) is 0. The number of amides is 2. The zero-order chi connectivity index (χ0) is 17.6. The molecule has 1 aliphatic rings. The first-order chi connectivity index (χ1) is 12.1. The number of hydrogen-bond acceptors (Lipinski definition) is 2. The molecule has 1 fully saturated rings. The van der Waals surface area contributed by atoms with Crippen molar-refractivity contribution >= 4 is 11.7 Å². The molecule has 0 saturated carbocycles. The highest BCUT2D eigenvalue weighted by Gasteiger charge is 2.24. The molecule has 2 aromatic carbocycles. The molecule has 6 heteroatoms. The Morgan fingerprint density at radius 3 is 2.20 bits per heavy atom. The topological polar surface area (TPSA) is 35.6 Å². The largest absolute Gasteiger partial charge is 0.363 e. The van der Waals surface area contributed by atoms with Gasteiger partial charge in [0, 0.05) is 32.7 Å². The molecule has 1 heterocycles. The van der Waals surface area contributed by atoms with E-state index in [-0.39, 0.29) is 11.7 Å². The summed E-state index contributed by atoms with van der Waals surface area (Å²) in [4.78, 5) is 15.5. The van der Waals surface area contributed by atoms with Crippen molar-refractivity contribution in [2.24, 2.45) is 0 Å². The molecule has 3 rings (SSSR count). The molecule has 1 N–H and O–H groups in total. The Hall–Kier alpha value is -2.63. The normalized spacial score (nSPS) is 14.5. The first-order valence-electron chi connectivity index (χ1n) is 8.41. The maximum Gasteiger partial charge on any atom is 0.317 e. The van der Waals surface area contributed by atoms with Gasteiger partial charge in [-0.05, 0) is 24.1 Å². The standard InChI is InChI=1S/C19H21F2N3O/c20-16-7-4-8-17(21)18(16)23-11-13-24(14-12-23)19(25)22-10-9-15-5-2-1-3-6-15/h1-8H,9-14H2,(H,22,25). The SMILES string of the molecule is O=C(NCCc1ccccc1)N1CCN(c2c(F)cccc2F)CC1. The number of urea groups is 1. The lowest BCUT2D eigenvalue weighted by atomic mass is 10.1. The van der Waals surface area contributed by atoms with E-state index in [9.17, 15) is 13.6 Å². The maximum absolute atomic E-state index is 13.8. The minimum atomic E-state index is -0.569. The maximum atomic E-state index is 13.8. The van der Waals surface area contributed by atoms with Gasteiger partial charge in [0.25, 0.3) is 0 Å². The zero-order valence-corrected chi connectivity index (χ0v) is 13.9. The predicted molar refractivity (Wildman–Crippen MR) is 93.7 cm³/mol. The molecule has 2 amide bonds. The third-order valence-corrected chi connectivity index (χ3v) is 4.35. The van der Waals surface area contributed by atoms with Crippen LogP contribution in [0, 0.1) is 11.6 Å². The highest BCUT2D eigenvalue weighted by molar-refractivity contribution is 5.74. The minimum absolute atomic E-state index is 0.00774. The fourth-order valence-corrected chi connectivity index (χ4v) is 2.99. The van der Waals surface area contributed by atoms with Crippen LogP contribution in [0.2, 0.25) is 0 Å². The van der Waals surface area contributed by atoms with E-state index >= 15 is 0 Å². The van der Waals surface area contributed by atoms with Crippen molar-refractivity contribution in [3.05, 3.63) is 65.7 Å². The summed E-state index contributed by atoms with van der Waals surface area (Å²) >= 11 is 0. The van der Waals surface area contributed by atoms with Gasteiger partial charge in [0.2, 0.25) is 0 Å². The summed E-state index contributed by atoms with van der Waals surface area (Å²) in [6.45, 7) is 2.24. The summed E-state index contributed by atoms with van der Waals surface area (Å²) in [5, 5.41) is 2.90. The van der Waals surface area contributed by atoms with Crippen molar-refractivity contribution in [1.82, 2.24) is 10.2 Å². The molecule has 0 radical (unpaired) electrons. The molecule has 0 bridgehead atoms. The Kier molecular flexibility index (Phi) is 5.48. The summed E-state index contributed by atoms with van der Waals surface area (Å²) in [5.41, 5.74) is 1.16. The average Bonchev–Trinajstić information content (AvgIpc) is 2.63. The second-order valence-corrected chi connectivity index (χ2v) is 6.01. The number of benzene rings is 2. The van der Waals surface area contributed by atoms with Crippen LogP contribution in [0.4, 0.5) is 19.3 Å². The molecule has 0 unspecified atom stereocenters. The Morgan fingerprint density at radius 1 is 0.920 bits per heavy atom. The highest BCUT2D eigenvalue weighted by Crippen LogP contribution is 2.24. The Balaban J connectivity index is 1.48. The first kappa shape index (κ1) is 17.2. The lowest BCUT2D eigenvalue weighted by Crippen LogP contribution is -2.52. The van der Waals surface area contributed by atoms with Crippen LogP contribution in [-0.4, -0.2) is 43.7 Å². The number of carbonyl (C=O) groups excluding carboxylic acids is 1. The van der Waals surface area contributed by atoms with Crippen molar-refractivity contribution in [3.63, 3.8) is 0 Å². The summed E-state index contributed by atoms with van der Waals surface area (Å²) in [6.07, 6.45) is 0.771. The summed E-state index contributed by atoms with van der Waals surface area (Å²) in [5.74, 6) is -1.14. The molecule has 0 aromatic heterocycles. The zero-order valence-electron chi connectivity index (χ0n) is 13.9. The van der Waals surface area contributed by atoms with Gasteiger partial charge >= 0.3 is 6.03 Å². The molecule has 1 aliphatic heterocycles. The van der Waals surface area contributed by atoms with Gasteiger partial charge in [-0.3, -0.25) is 0 Å². The number of piperazine rings is 1. The molecule has 4 nitrogen and oxygen atoms in total. The fourth-order valence-electron chi connectivity index (χ4n) is 2.99. The van der Waals surface area contributed by atoms with Gasteiger partial charge in [0.15, 0.2) is 0 Å². The molecule has 0 aliphatic carbocycles. The highest BCUT2D eigenvalue weighted by atomic mass is 19.1. The smallest absolute Gasteiger partial charge is 0.317 e. The monoisotopic (exact) mass is 345 g/mol. The van der Waals surface area contributed by atoms with Crippen LogP contribution in [0.25, 0.3) is 0 Å². The lowest BCUT2D eigenvalue weighted by molar-refractivity contribution is 0.194. The number of halogens is 2. The van der Waals surface area contributed by atoms with Crippen LogP contribution >= 0.6 is 0 Å². The van der Waals surface area contributed by atoms with Crippen molar-refractivity contribution in [2.75, 3.05) is 37.6 Å². The van der Waals surface area contributed by atoms with E-state index in [1.807, 2.05) is 30.3 Å². The van der Waals surface area contributed by atoms with E-state index in [1.165, 1.54) is 23.8 Å². The van der Waals surface area contributed by atoms with Crippen LogP contribution in [0.3, 0.4) is 0 Å². The number of hydrogen-bond donors (Lipinski definition) is 1. The molecule has 2 aromatic rings. The lowest BCUT2D eigenvalue weighted by Gasteiger charge is -2.36. The Morgan fingerprint density at radius 2 is 1.56 bits per heavy atom. The molecule has 25 heavy (non-hydrogen) atoms. The van der Waals surface area contributed by atoms with Crippen molar-refractivity contribution in [3.8, 4) is 0 Å². The second-order valence-electron chi connectivity index (χ2n) is 6.01. The van der Waals surface area contributed by atoms with E-state index < -0.39 is 11.6 Å². The van der Waals surface area contributed by atoms with E-state index in [1.54, 1.807) is 9.80 Å². The first-order valence-corrected chi connectivity index (χ1v) is 8.41. The van der Waals surface area contributed by atoms with Gasteiger partial charge in [-0.1, -0.05) is 36.4 Å². The molecular weight excluding hydrogens is 324 g/mol. The van der Waals surface area contributed by atoms with Crippen molar-refractivity contribution in [2.45, 2.75) is 6.42 Å². The predicted octanol–water partition coefficient (Wildman–Crippen LogP) is 3.04. The van der Waals surface area contributed by atoms with E-state index in [0.29, 0.717) is 32.7 Å². The fraction of sp³-hybridized carbons (Fsp3) is 0.316. The van der Waals surface area contributed by atoms with E-state index in [2.05, 4.69) is 5.32 Å². The van der Waals surface area contributed by atoms with Gasteiger partial charge < -0.3 is 15.1 Å². The van der Waals surface area contributed by atoms with Crippen LogP contribution < -0.4 is 10.2 Å². The number of anilines is 1. The van der Waals surface area contributed by atoms with Crippen LogP contribution in [0.5, 0.6) is 0 Å².